The van der Waals surface area contributed by atoms with Crippen molar-refractivity contribution in [1.82, 2.24) is 5.32 Å². The van der Waals surface area contributed by atoms with Crippen LogP contribution >= 0.6 is 0 Å². The molecule has 2 N–H and O–H groups in total. The second-order valence-corrected chi connectivity index (χ2v) is 4.07. The van der Waals surface area contributed by atoms with Gasteiger partial charge in [0, 0.05) is 25.6 Å². The van der Waals surface area contributed by atoms with E-state index in [0.29, 0.717) is 30.1 Å². The average molecular weight is 245 g/mol. The number of amides is 2. The molecule has 1 aliphatic rings. The van der Waals surface area contributed by atoms with Gasteiger partial charge in [-0.15, -0.1) is 0 Å². The van der Waals surface area contributed by atoms with Crippen LogP contribution in [-0.4, -0.2) is 30.6 Å². The number of hydrogen-bond donors (Lipinski definition) is 2. The highest BCUT2D eigenvalue weighted by Gasteiger charge is 2.18. The lowest BCUT2D eigenvalue weighted by Crippen LogP contribution is -2.31. The maximum atomic E-state index is 11.9. The highest BCUT2D eigenvalue weighted by molar-refractivity contribution is 6.46. The Balaban J connectivity index is 2.39. The predicted octanol–water partition coefficient (Wildman–Crippen LogP) is 0.954. The van der Waals surface area contributed by atoms with Gasteiger partial charge in [-0.3, -0.25) is 14.6 Å². The van der Waals surface area contributed by atoms with Gasteiger partial charge in [0.25, 0.3) is 5.91 Å². The van der Waals surface area contributed by atoms with E-state index in [1.54, 1.807) is 12.1 Å². The summed E-state index contributed by atoms with van der Waals surface area (Å²) >= 11 is 0. The third-order valence-corrected chi connectivity index (χ3v) is 2.60. The molecule has 0 saturated heterocycles. The van der Waals surface area contributed by atoms with E-state index in [0.717, 1.165) is 6.42 Å². The molecule has 1 aromatic rings. The standard InChI is InChI=1S/C13H15N3O2/c1-9(17)16-11-6-3-2-5-10(11)12-13(18)15-8-4-7-14-12/h2-3,5-6H,4,7-8H2,1H3,(H,15,18)(H,16,17). The molecule has 0 unspecified atom stereocenters. The van der Waals surface area contributed by atoms with Gasteiger partial charge < -0.3 is 10.6 Å². The fraction of sp³-hybridized carbons (Fsp3) is 0.308. The second kappa shape index (κ2) is 5.44. The molecule has 5 heteroatoms. The molecule has 0 aliphatic carbocycles. The first kappa shape index (κ1) is 12.3. The van der Waals surface area contributed by atoms with E-state index in [-0.39, 0.29) is 11.8 Å². The molecule has 0 fully saturated rings. The minimum Gasteiger partial charge on any atom is -0.351 e. The monoisotopic (exact) mass is 245 g/mol. The topological polar surface area (TPSA) is 70.6 Å². The van der Waals surface area contributed by atoms with Crippen molar-refractivity contribution in [3.05, 3.63) is 29.8 Å². The normalized spacial score (nSPS) is 15.4. The lowest BCUT2D eigenvalue weighted by molar-refractivity contribution is -0.115. The number of nitrogens with one attached hydrogen (secondary N) is 2. The van der Waals surface area contributed by atoms with Crippen LogP contribution in [0.25, 0.3) is 0 Å². The van der Waals surface area contributed by atoms with Crippen LogP contribution < -0.4 is 10.6 Å². The fourth-order valence-electron chi connectivity index (χ4n) is 1.82. The van der Waals surface area contributed by atoms with Crippen molar-refractivity contribution in [2.75, 3.05) is 18.4 Å². The van der Waals surface area contributed by atoms with Crippen LogP contribution in [0.2, 0.25) is 0 Å². The molecule has 1 aromatic carbocycles. The van der Waals surface area contributed by atoms with E-state index in [4.69, 9.17) is 0 Å². The van der Waals surface area contributed by atoms with Gasteiger partial charge in [0.05, 0.1) is 5.69 Å². The van der Waals surface area contributed by atoms with Crippen LogP contribution in [-0.2, 0) is 9.59 Å². The molecule has 1 heterocycles. The van der Waals surface area contributed by atoms with Crippen molar-refractivity contribution in [1.29, 1.82) is 0 Å². The van der Waals surface area contributed by atoms with Crippen LogP contribution in [0.4, 0.5) is 5.69 Å². The summed E-state index contributed by atoms with van der Waals surface area (Å²) in [7, 11) is 0. The number of carbonyl (C=O) groups excluding carboxylic acids is 2. The molecule has 0 bridgehead atoms. The number of para-hydroxylation sites is 1. The van der Waals surface area contributed by atoms with Gasteiger partial charge in [0.15, 0.2) is 0 Å². The van der Waals surface area contributed by atoms with Crippen molar-refractivity contribution in [2.45, 2.75) is 13.3 Å². The number of anilines is 1. The van der Waals surface area contributed by atoms with Crippen LogP contribution in [0, 0.1) is 0 Å². The highest BCUT2D eigenvalue weighted by atomic mass is 16.2. The average Bonchev–Trinajstić information content (AvgIpc) is 2.54. The molecule has 5 nitrogen and oxygen atoms in total. The quantitative estimate of drug-likeness (QED) is 0.814. The molecule has 18 heavy (non-hydrogen) atoms. The van der Waals surface area contributed by atoms with Gasteiger partial charge in [0.1, 0.15) is 5.71 Å². The van der Waals surface area contributed by atoms with Crippen molar-refractivity contribution in [3.8, 4) is 0 Å². The van der Waals surface area contributed by atoms with Crippen molar-refractivity contribution in [2.24, 2.45) is 4.99 Å². The molecular formula is C13H15N3O2. The van der Waals surface area contributed by atoms with E-state index >= 15 is 0 Å². The molecule has 94 valence electrons. The largest absolute Gasteiger partial charge is 0.351 e. The van der Waals surface area contributed by atoms with Gasteiger partial charge in [-0.2, -0.15) is 0 Å². The number of carbonyl (C=O) groups is 2. The summed E-state index contributed by atoms with van der Waals surface area (Å²) in [6.45, 7) is 2.68. The highest BCUT2D eigenvalue weighted by Crippen LogP contribution is 2.17. The summed E-state index contributed by atoms with van der Waals surface area (Å²) in [5.74, 6) is -0.359. The summed E-state index contributed by atoms with van der Waals surface area (Å²) in [6, 6.07) is 7.18. The summed E-state index contributed by atoms with van der Waals surface area (Å²) in [5, 5.41) is 5.50. The molecular weight excluding hydrogens is 230 g/mol. The van der Waals surface area contributed by atoms with E-state index < -0.39 is 0 Å². The molecule has 0 saturated carbocycles. The third kappa shape index (κ3) is 2.74. The molecule has 0 spiro atoms. The van der Waals surface area contributed by atoms with E-state index in [2.05, 4.69) is 15.6 Å². The zero-order valence-electron chi connectivity index (χ0n) is 10.2. The Kier molecular flexibility index (Phi) is 3.72. The second-order valence-electron chi connectivity index (χ2n) is 4.07. The van der Waals surface area contributed by atoms with E-state index in [9.17, 15) is 9.59 Å². The molecule has 0 aromatic heterocycles. The van der Waals surface area contributed by atoms with Gasteiger partial charge >= 0.3 is 0 Å². The van der Waals surface area contributed by atoms with E-state index in [1.807, 2.05) is 12.1 Å². The lowest BCUT2D eigenvalue weighted by atomic mass is 10.1. The van der Waals surface area contributed by atoms with Gasteiger partial charge in [-0.25, -0.2) is 0 Å². The zero-order valence-corrected chi connectivity index (χ0v) is 10.2. The number of aliphatic imine (C=N–C) groups is 1. The van der Waals surface area contributed by atoms with Crippen LogP contribution in [0.15, 0.2) is 29.3 Å². The fourth-order valence-corrected chi connectivity index (χ4v) is 1.82. The maximum Gasteiger partial charge on any atom is 0.270 e. The van der Waals surface area contributed by atoms with Gasteiger partial charge in [0.2, 0.25) is 5.91 Å². The lowest BCUT2D eigenvalue weighted by Gasteiger charge is -2.10. The van der Waals surface area contributed by atoms with E-state index in [1.165, 1.54) is 6.92 Å². The number of rotatable bonds is 2. The molecule has 2 amide bonds. The van der Waals surface area contributed by atoms with Crippen LogP contribution in [0.3, 0.4) is 0 Å². The summed E-state index contributed by atoms with van der Waals surface area (Å²) < 4.78 is 0. The van der Waals surface area contributed by atoms with Crippen molar-refractivity contribution < 1.29 is 9.59 Å². The Morgan fingerprint density at radius 2 is 2.17 bits per heavy atom. The number of benzene rings is 1. The minimum absolute atomic E-state index is 0.169. The molecule has 1 aliphatic heterocycles. The smallest absolute Gasteiger partial charge is 0.270 e. The Morgan fingerprint density at radius 3 is 2.94 bits per heavy atom. The third-order valence-electron chi connectivity index (χ3n) is 2.60. The first-order valence-electron chi connectivity index (χ1n) is 5.88. The first-order valence-corrected chi connectivity index (χ1v) is 5.88. The summed E-state index contributed by atoms with van der Waals surface area (Å²) in [6.07, 6.45) is 0.831. The molecule has 0 atom stereocenters. The minimum atomic E-state index is -0.190. The Bertz CT molecular complexity index is 509. The van der Waals surface area contributed by atoms with Crippen molar-refractivity contribution >= 4 is 23.2 Å². The molecule has 2 rings (SSSR count). The van der Waals surface area contributed by atoms with Crippen LogP contribution in [0.1, 0.15) is 18.9 Å². The van der Waals surface area contributed by atoms with Crippen molar-refractivity contribution in [3.63, 3.8) is 0 Å². The first-order chi connectivity index (χ1) is 8.68. The number of nitrogens with zero attached hydrogens (tertiary/aromatic N) is 1. The molecule has 0 radical (unpaired) electrons. The Hall–Kier alpha value is -2.17. The SMILES string of the molecule is CC(=O)Nc1ccccc1C1=NCCCNC1=O. The van der Waals surface area contributed by atoms with Gasteiger partial charge in [-0.1, -0.05) is 18.2 Å². The maximum absolute atomic E-state index is 11.9. The summed E-state index contributed by atoms with van der Waals surface area (Å²) in [4.78, 5) is 27.3. The van der Waals surface area contributed by atoms with Gasteiger partial charge in [-0.05, 0) is 12.5 Å². The predicted molar refractivity (Wildman–Crippen MR) is 69.8 cm³/mol. The Morgan fingerprint density at radius 1 is 1.39 bits per heavy atom. The summed E-state index contributed by atoms with van der Waals surface area (Å²) in [5.41, 5.74) is 1.66. The zero-order chi connectivity index (χ0) is 13.0. The number of hydrogen-bond acceptors (Lipinski definition) is 3. The Labute approximate surface area is 105 Å². The van der Waals surface area contributed by atoms with Crippen LogP contribution in [0.5, 0.6) is 0 Å².